The smallest absolute Gasteiger partial charge is 0.331 e. The second-order valence-corrected chi connectivity index (χ2v) is 2.33. The fourth-order valence-electron chi connectivity index (χ4n) is 0.690. The van der Waals surface area contributed by atoms with E-state index in [0.29, 0.717) is 12.8 Å². The zero-order valence-corrected chi connectivity index (χ0v) is 6.87. The van der Waals surface area contributed by atoms with Crippen molar-refractivity contribution in [2.45, 2.75) is 32.8 Å². The van der Waals surface area contributed by atoms with Crippen LogP contribution in [0.15, 0.2) is 11.6 Å². The summed E-state index contributed by atoms with van der Waals surface area (Å²) in [5, 5.41) is 17.6. The molecule has 2 N–H and O–H groups in total. The monoisotopic (exact) mass is 158 g/mol. The van der Waals surface area contributed by atoms with Gasteiger partial charge in [-0.05, 0) is 18.9 Å². The molecule has 0 rings (SSSR count). The summed E-state index contributed by atoms with van der Waals surface area (Å²) in [6, 6.07) is 0. The Hall–Kier alpha value is -0.830. The van der Waals surface area contributed by atoms with Gasteiger partial charge in [0, 0.05) is 5.57 Å². The average Bonchev–Trinajstić information content (AvgIpc) is 1.99. The molecule has 0 saturated heterocycles. The van der Waals surface area contributed by atoms with Crippen LogP contribution in [0.25, 0.3) is 0 Å². The van der Waals surface area contributed by atoms with Gasteiger partial charge in [0.1, 0.15) is 0 Å². The van der Waals surface area contributed by atoms with Crippen molar-refractivity contribution in [3.8, 4) is 0 Å². The Balaban J connectivity index is 4.22. The summed E-state index contributed by atoms with van der Waals surface area (Å²) < 4.78 is 0. The van der Waals surface area contributed by atoms with Gasteiger partial charge in [-0.25, -0.2) is 4.79 Å². The van der Waals surface area contributed by atoms with E-state index < -0.39 is 12.1 Å². The van der Waals surface area contributed by atoms with Gasteiger partial charge in [-0.3, -0.25) is 0 Å². The average molecular weight is 158 g/mol. The van der Waals surface area contributed by atoms with Crippen LogP contribution in [0.5, 0.6) is 0 Å². The van der Waals surface area contributed by atoms with E-state index in [0.717, 1.165) is 0 Å². The van der Waals surface area contributed by atoms with E-state index in [4.69, 9.17) is 10.2 Å². The molecule has 0 amide bonds. The molecule has 0 aromatic heterocycles. The van der Waals surface area contributed by atoms with Gasteiger partial charge in [0.15, 0.2) is 0 Å². The Labute approximate surface area is 66.4 Å². The van der Waals surface area contributed by atoms with Gasteiger partial charge in [0.25, 0.3) is 0 Å². The number of aliphatic carboxylic acids is 1. The molecule has 0 heterocycles. The summed E-state index contributed by atoms with van der Waals surface area (Å²) >= 11 is 0. The van der Waals surface area contributed by atoms with Crippen LogP contribution >= 0.6 is 0 Å². The van der Waals surface area contributed by atoms with Crippen LogP contribution in [0.4, 0.5) is 0 Å². The highest BCUT2D eigenvalue weighted by Gasteiger charge is 2.06. The third kappa shape index (κ3) is 3.78. The zero-order chi connectivity index (χ0) is 8.85. The van der Waals surface area contributed by atoms with E-state index in [1.807, 2.05) is 0 Å². The topological polar surface area (TPSA) is 57.5 Å². The molecule has 3 heteroatoms. The maximum atomic E-state index is 10.4. The Morgan fingerprint density at radius 2 is 2.09 bits per heavy atom. The lowest BCUT2D eigenvalue weighted by Gasteiger charge is -2.02. The third-order valence-electron chi connectivity index (χ3n) is 1.47. The molecule has 1 unspecified atom stereocenters. The van der Waals surface area contributed by atoms with Crippen molar-refractivity contribution >= 4 is 5.97 Å². The number of carbonyl (C=O) groups is 1. The number of carboxylic acid groups (broad SMARTS) is 1. The highest BCUT2D eigenvalue weighted by Crippen LogP contribution is 2.04. The first-order chi connectivity index (χ1) is 5.11. The van der Waals surface area contributed by atoms with Crippen LogP contribution in [-0.4, -0.2) is 22.3 Å². The van der Waals surface area contributed by atoms with Crippen molar-refractivity contribution in [1.29, 1.82) is 0 Å². The molecule has 0 fully saturated rings. The van der Waals surface area contributed by atoms with E-state index in [1.165, 1.54) is 6.08 Å². The first-order valence-electron chi connectivity index (χ1n) is 3.73. The first kappa shape index (κ1) is 10.2. The second kappa shape index (κ2) is 4.91. The molecule has 3 nitrogen and oxygen atoms in total. The van der Waals surface area contributed by atoms with Gasteiger partial charge < -0.3 is 10.2 Å². The molecule has 0 bridgehead atoms. The molecule has 64 valence electrons. The summed E-state index contributed by atoms with van der Waals surface area (Å²) in [6.45, 7) is 3.55. The molecule has 0 aliphatic rings. The van der Waals surface area contributed by atoms with E-state index in [-0.39, 0.29) is 5.57 Å². The predicted octanol–water partition coefficient (Wildman–Crippen LogP) is 1.18. The number of carboxylic acids is 1. The molecule has 0 aliphatic carbocycles. The van der Waals surface area contributed by atoms with Gasteiger partial charge in [-0.1, -0.05) is 13.8 Å². The minimum atomic E-state index is -0.944. The van der Waals surface area contributed by atoms with Crippen LogP contribution in [0, 0.1) is 0 Å². The van der Waals surface area contributed by atoms with E-state index >= 15 is 0 Å². The van der Waals surface area contributed by atoms with Gasteiger partial charge >= 0.3 is 5.97 Å². The fraction of sp³-hybridized carbons (Fsp3) is 0.625. The summed E-state index contributed by atoms with van der Waals surface area (Å²) in [5.74, 6) is -0.944. The summed E-state index contributed by atoms with van der Waals surface area (Å²) in [6.07, 6.45) is 1.77. The Morgan fingerprint density at radius 3 is 2.36 bits per heavy atom. The lowest BCUT2D eigenvalue weighted by atomic mass is 10.1. The Bertz CT molecular complexity index is 161. The molecule has 0 aromatic carbocycles. The lowest BCUT2D eigenvalue weighted by molar-refractivity contribution is -0.132. The van der Waals surface area contributed by atoms with Gasteiger partial charge in [0.2, 0.25) is 0 Å². The molecular formula is C8H14O3. The molecule has 0 aromatic rings. The minimum absolute atomic E-state index is 0.277. The molecule has 1 atom stereocenters. The Morgan fingerprint density at radius 1 is 1.55 bits per heavy atom. The zero-order valence-electron chi connectivity index (χ0n) is 6.87. The standard InChI is InChI=1S/C8H14O3/c1-3-6(8(10)11)5-7(9)4-2/h5,7,9H,3-4H2,1-2H3,(H,10,11). The van der Waals surface area contributed by atoms with Crippen LogP contribution in [-0.2, 0) is 4.79 Å². The lowest BCUT2D eigenvalue weighted by Crippen LogP contribution is -2.06. The first-order valence-corrected chi connectivity index (χ1v) is 3.73. The highest BCUT2D eigenvalue weighted by molar-refractivity contribution is 5.86. The molecule has 0 radical (unpaired) electrons. The van der Waals surface area contributed by atoms with Crippen molar-refractivity contribution < 1.29 is 15.0 Å². The third-order valence-corrected chi connectivity index (χ3v) is 1.47. The molecule has 0 spiro atoms. The maximum absolute atomic E-state index is 10.4. The maximum Gasteiger partial charge on any atom is 0.331 e. The van der Waals surface area contributed by atoms with Crippen molar-refractivity contribution in [2.24, 2.45) is 0 Å². The number of aliphatic hydroxyl groups excluding tert-OH is 1. The van der Waals surface area contributed by atoms with Gasteiger partial charge in [-0.15, -0.1) is 0 Å². The SMILES string of the molecule is CCC(=CC(O)CC)C(=O)O. The van der Waals surface area contributed by atoms with Crippen molar-refractivity contribution in [1.82, 2.24) is 0 Å². The second-order valence-electron chi connectivity index (χ2n) is 2.33. The van der Waals surface area contributed by atoms with E-state index in [2.05, 4.69) is 0 Å². The fourth-order valence-corrected chi connectivity index (χ4v) is 0.690. The minimum Gasteiger partial charge on any atom is -0.478 e. The molecule has 0 aliphatic heterocycles. The summed E-state index contributed by atoms with van der Waals surface area (Å²) in [4.78, 5) is 10.4. The summed E-state index contributed by atoms with van der Waals surface area (Å²) in [7, 11) is 0. The van der Waals surface area contributed by atoms with Crippen molar-refractivity contribution in [3.63, 3.8) is 0 Å². The highest BCUT2D eigenvalue weighted by atomic mass is 16.4. The van der Waals surface area contributed by atoms with Gasteiger partial charge in [-0.2, -0.15) is 0 Å². The Kier molecular flexibility index (Phi) is 4.54. The molecule has 11 heavy (non-hydrogen) atoms. The number of hydrogen-bond acceptors (Lipinski definition) is 2. The number of hydrogen-bond donors (Lipinski definition) is 2. The predicted molar refractivity (Wildman–Crippen MR) is 42.3 cm³/mol. The quantitative estimate of drug-likeness (QED) is 0.604. The number of rotatable bonds is 4. The van der Waals surface area contributed by atoms with Crippen LogP contribution in [0.1, 0.15) is 26.7 Å². The van der Waals surface area contributed by atoms with Gasteiger partial charge in [0.05, 0.1) is 6.10 Å². The van der Waals surface area contributed by atoms with E-state index in [9.17, 15) is 4.79 Å². The molecule has 0 saturated carbocycles. The van der Waals surface area contributed by atoms with Crippen LogP contribution in [0.3, 0.4) is 0 Å². The van der Waals surface area contributed by atoms with Crippen molar-refractivity contribution in [2.75, 3.05) is 0 Å². The van der Waals surface area contributed by atoms with Crippen LogP contribution < -0.4 is 0 Å². The van der Waals surface area contributed by atoms with E-state index in [1.54, 1.807) is 13.8 Å². The largest absolute Gasteiger partial charge is 0.478 e. The van der Waals surface area contributed by atoms with Crippen LogP contribution in [0.2, 0.25) is 0 Å². The number of aliphatic hydroxyl groups is 1. The summed E-state index contributed by atoms with van der Waals surface area (Å²) in [5.41, 5.74) is 0.277. The normalized spacial score (nSPS) is 14.6. The molecular weight excluding hydrogens is 144 g/mol. The van der Waals surface area contributed by atoms with Crippen molar-refractivity contribution in [3.05, 3.63) is 11.6 Å².